The molecule has 11 heteroatoms. The Balaban J connectivity index is 1.21. The summed E-state index contributed by atoms with van der Waals surface area (Å²) in [7, 11) is -2.50. The molecule has 3 unspecified atom stereocenters. The third-order valence-electron chi connectivity index (χ3n) is 9.60. The third-order valence-corrected chi connectivity index (χ3v) is 11.1. The van der Waals surface area contributed by atoms with E-state index in [9.17, 15) is 18.0 Å². The first kappa shape index (κ1) is 34.0. The lowest BCUT2D eigenvalue weighted by atomic mass is 9.95. The Kier molecular flexibility index (Phi) is 9.90. The highest BCUT2D eigenvalue weighted by Crippen LogP contribution is 2.37. The number of carbonyl (C=O) groups is 2. The number of amides is 2. The Morgan fingerprint density at radius 3 is 2.15 bits per heavy atom. The second-order valence-corrected chi connectivity index (χ2v) is 16.1. The smallest absolute Gasteiger partial charge is 0.407 e. The fourth-order valence-electron chi connectivity index (χ4n) is 7.38. The van der Waals surface area contributed by atoms with Crippen molar-refractivity contribution in [2.45, 2.75) is 119 Å². The van der Waals surface area contributed by atoms with Crippen molar-refractivity contribution < 1.29 is 32.2 Å². The minimum absolute atomic E-state index is 0.0928. The number of nitrogens with zero attached hydrogens (tertiary/aromatic N) is 1. The van der Waals surface area contributed by atoms with Crippen molar-refractivity contribution in [1.82, 2.24) is 14.9 Å². The molecule has 3 aliphatic rings. The summed E-state index contributed by atoms with van der Waals surface area (Å²) in [4.78, 5) is 28.8. The van der Waals surface area contributed by atoms with Gasteiger partial charge in [0, 0.05) is 18.1 Å². The van der Waals surface area contributed by atoms with Crippen LogP contribution in [0.2, 0.25) is 0 Å². The van der Waals surface area contributed by atoms with Gasteiger partial charge in [-0.2, -0.15) is 4.72 Å². The Hall–Kier alpha value is -3.83. The van der Waals surface area contributed by atoms with Crippen molar-refractivity contribution in [3.05, 3.63) is 66.2 Å². The molecule has 258 valence electrons. The van der Waals surface area contributed by atoms with Crippen LogP contribution in [-0.4, -0.2) is 68.3 Å². The summed E-state index contributed by atoms with van der Waals surface area (Å²) in [5.41, 5.74) is 0.196. The van der Waals surface area contributed by atoms with Crippen molar-refractivity contribution in [2.75, 3.05) is 7.11 Å². The molecule has 3 atom stereocenters. The van der Waals surface area contributed by atoms with E-state index in [1.807, 2.05) is 56.0 Å². The molecule has 10 nitrogen and oxygen atoms in total. The van der Waals surface area contributed by atoms with Crippen molar-refractivity contribution in [3.8, 4) is 11.5 Å². The number of hydrogen-bond donors (Lipinski definition) is 2. The maximum absolute atomic E-state index is 14.4. The molecule has 0 aromatic heterocycles. The summed E-state index contributed by atoms with van der Waals surface area (Å²) in [5, 5.41) is 4.64. The summed E-state index contributed by atoms with van der Waals surface area (Å²) in [6.45, 7) is 5.46. The first-order chi connectivity index (χ1) is 22.9. The maximum Gasteiger partial charge on any atom is 0.407 e. The van der Waals surface area contributed by atoms with Gasteiger partial charge in [0.15, 0.2) is 0 Å². The number of methoxy groups -OCH3 is 1. The molecule has 3 aromatic rings. The van der Waals surface area contributed by atoms with E-state index < -0.39 is 27.8 Å². The fourth-order valence-corrected chi connectivity index (χ4v) is 8.61. The molecule has 2 amide bonds. The molecule has 48 heavy (non-hydrogen) atoms. The second-order valence-electron chi connectivity index (χ2n) is 14.4. The van der Waals surface area contributed by atoms with Gasteiger partial charge in [-0.15, -0.1) is 0 Å². The number of fused-ring (bicyclic) bond motifs is 3. The lowest BCUT2D eigenvalue weighted by Crippen LogP contribution is -2.58. The van der Waals surface area contributed by atoms with Crippen LogP contribution in [0.4, 0.5) is 4.79 Å². The van der Waals surface area contributed by atoms with Crippen molar-refractivity contribution >= 4 is 32.8 Å². The Bertz CT molecular complexity index is 1720. The molecule has 2 saturated heterocycles. The van der Waals surface area contributed by atoms with Gasteiger partial charge in [0.1, 0.15) is 23.1 Å². The zero-order valence-corrected chi connectivity index (χ0v) is 29.1. The molecular formula is C37H47N3O7S. The van der Waals surface area contributed by atoms with Crippen molar-refractivity contribution in [1.29, 1.82) is 0 Å². The van der Waals surface area contributed by atoms with Crippen LogP contribution in [-0.2, 0) is 26.0 Å². The molecule has 2 N–H and O–H groups in total. The largest absolute Gasteiger partial charge is 0.497 e. The minimum atomic E-state index is -4.08. The average molecular weight is 678 g/mol. The molecule has 0 spiro atoms. The number of carbonyl (C=O) groups excluding carboxylic acids is 2. The number of piperidine rings is 1. The van der Waals surface area contributed by atoms with Crippen LogP contribution < -0.4 is 19.5 Å². The lowest BCUT2D eigenvalue weighted by molar-refractivity contribution is -0.137. The highest BCUT2D eigenvalue weighted by molar-refractivity contribution is 7.89. The monoisotopic (exact) mass is 677 g/mol. The third kappa shape index (κ3) is 8.06. The number of rotatable bonds is 10. The first-order valence-corrected chi connectivity index (χ1v) is 18.5. The molecule has 3 aromatic carbocycles. The van der Waals surface area contributed by atoms with Crippen LogP contribution in [0.15, 0.2) is 65.6 Å². The summed E-state index contributed by atoms with van der Waals surface area (Å²) < 4.78 is 47.6. The number of alkyl carbamates (subject to hydrolysis) is 1. The predicted molar refractivity (Wildman–Crippen MR) is 184 cm³/mol. The normalized spacial score (nSPS) is 22.0. The number of nitrogens with one attached hydrogen (secondary N) is 2. The van der Waals surface area contributed by atoms with Gasteiger partial charge in [0.25, 0.3) is 0 Å². The van der Waals surface area contributed by atoms with Crippen LogP contribution in [0, 0.1) is 0 Å². The van der Waals surface area contributed by atoms with E-state index in [4.69, 9.17) is 14.2 Å². The SMILES string of the molecule is COc1ccc(CC(NS(=O)(=O)c2ccc3cc(OC4CCCC4)ccc3c2)C(=O)N2C3CCC2CC(NC(=O)OC(C)(C)C)C3)cc1. The zero-order chi connectivity index (χ0) is 34.1. The van der Waals surface area contributed by atoms with E-state index in [1.54, 1.807) is 37.4 Å². The molecular weight excluding hydrogens is 630 g/mol. The molecule has 3 fully saturated rings. The van der Waals surface area contributed by atoms with Crippen LogP contribution in [0.25, 0.3) is 10.8 Å². The average Bonchev–Trinajstić information content (AvgIpc) is 3.64. The Labute approximate surface area is 283 Å². The fraction of sp³-hybridized carbons (Fsp3) is 0.514. The maximum atomic E-state index is 14.4. The molecule has 2 bridgehead atoms. The van der Waals surface area contributed by atoms with Crippen LogP contribution in [0.1, 0.15) is 77.7 Å². The quantitative estimate of drug-likeness (QED) is 0.266. The molecule has 2 heterocycles. The van der Waals surface area contributed by atoms with Crippen molar-refractivity contribution in [3.63, 3.8) is 0 Å². The van der Waals surface area contributed by atoms with E-state index in [-0.39, 0.29) is 41.5 Å². The van der Waals surface area contributed by atoms with Gasteiger partial charge in [0.05, 0.1) is 18.1 Å². The number of ether oxygens (including phenoxy) is 3. The summed E-state index contributed by atoms with van der Waals surface area (Å²) in [5.74, 6) is 1.20. The number of hydrogen-bond acceptors (Lipinski definition) is 7. The van der Waals surface area contributed by atoms with Gasteiger partial charge in [-0.1, -0.05) is 24.3 Å². The molecule has 1 aliphatic carbocycles. The first-order valence-electron chi connectivity index (χ1n) is 17.0. The van der Waals surface area contributed by atoms with Gasteiger partial charge in [-0.25, -0.2) is 13.2 Å². The van der Waals surface area contributed by atoms with Gasteiger partial charge in [-0.3, -0.25) is 4.79 Å². The topological polar surface area (TPSA) is 123 Å². The highest BCUT2D eigenvalue weighted by Gasteiger charge is 2.46. The van der Waals surface area contributed by atoms with Gasteiger partial charge in [-0.05, 0) is 131 Å². The van der Waals surface area contributed by atoms with Gasteiger partial charge in [0.2, 0.25) is 15.9 Å². The molecule has 1 saturated carbocycles. The van der Waals surface area contributed by atoms with Gasteiger partial charge >= 0.3 is 6.09 Å². The van der Waals surface area contributed by atoms with E-state index in [2.05, 4.69) is 10.0 Å². The standard InChI is InChI=1S/C37H47N3O7S/c1-37(2,3)47-36(42)38-27-22-28-13-14-29(23-27)40(28)35(41)34(19-24-9-15-30(45-4)16-10-24)39-48(43,44)33-18-12-25-20-32(17-11-26(25)21-33)46-31-7-5-6-8-31/h9-12,15-18,20-21,27-29,31,34,39H,5-8,13-14,19,22-23H2,1-4H3,(H,38,42). The molecule has 2 aliphatic heterocycles. The van der Waals surface area contributed by atoms with Crippen LogP contribution in [0.5, 0.6) is 11.5 Å². The summed E-state index contributed by atoms with van der Waals surface area (Å²) in [6.07, 6.45) is 7.16. The van der Waals surface area contributed by atoms with E-state index >= 15 is 0 Å². The van der Waals surface area contributed by atoms with E-state index in [0.717, 1.165) is 47.8 Å². The number of benzene rings is 3. The van der Waals surface area contributed by atoms with E-state index in [0.29, 0.717) is 18.6 Å². The van der Waals surface area contributed by atoms with Gasteiger partial charge < -0.3 is 24.4 Å². The Morgan fingerprint density at radius 2 is 1.50 bits per heavy atom. The van der Waals surface area contributed by atoms with Crippen LogP contribution in [0.3, 0.4) is 0 Å². The minimum Gasteiger partial charge on any atom is -0.497 e. The zero-order valence-electron chi connectivity index (χ0n) is 28.2. The lowest BCUT2D eigenvalue weighted by Gasteiger charge is -2.41. The predicted octanol–water partition coefficient (Wildman–Crippen LogP) is 6.11. The summed E-state index contributed by atoms with van der Waals surface area (Å²) >= 11 is 0. The Morgan fingerprint density at radius 1 is 0.875 bits per heavy atom. The summed E-state index contributed by atoms with van der Waals surface area (Å²) in [6, 6.07) is 16.6. The van der Waals surface area contributed by atoms with E-state index in [1.165, 1.54) is 12.8 Å². The highest BCUT2D eigenvalue weighted by atomic mass is 32.2. The van der Waals surface area contributed by atoms with Crippen molar-refractivity contribution in [2.24, 2.45) is 0 Å². The van der Waals surface area contributed by atoms with Crippen LogP contribution >= 0.6 is 0 Å². The second kappa shape index (κ2) is 14.0. The molecule has 0 radical (unpaired) electrons. The number of sulfonamides is 1. The molecule has 6 rings (SSSR count).